The maximum atomic E-state index is 13.9. The Morgan fingerprint density at radius 2 is 1.62 bits per heavy atom. The molecule has 2 heterocycles. The third-order valence-corrected chi connectivity index (χ3v) is 8.20. The van der Waals surface area contributed by atoms with Gasteiger partial charge in [-0.2, -0.15) is 13.2 Å². The maximum Gasteiger partial charge on any atom is 0.417 e. The molecule has 0 saturated heterocycles. The van der Waals surface area contributed by atoms with E-state index in [4.69, 9.17) is 0 Å². The second-order valence-corrected chi connectivity index (χ2v) is 11.1. The number of benzene rings is 2. The van der Waals surface area contributed by atoms with Crippen LogP contribution in [0.1, 0.15) is 80.3 Å². The highest BCUT2D eigenvalue weighted by Gasteiger charge is 2.34. The summed E-state index contributed by atoms with van der Waals surface area (Å²) in [5.41, 5.74) is 2.18. The number of aliphatic hydroxyl groups is 2. The van der Waals surface area contributed by atoms with Crippen molar-refractivity contribution < 1.29 is 23.4 Å². The van der Waals surface area contributed by atoms with Gasteiger partial charge in [-0.15, -0.1) is 0 Å². The third kappa shape index (κ3) is 7.25. The number of fused-ring (bicyclic) bond motifs is 3. The number of halogens is 3. The van der Waals surface area contributed by atoms with Gasteiger partial charge in [0.15, 0.2) is 0 Å². The highest BCUT2D eigenvalue weighted by Crippen LogP contribution is 2.39. The van der Waals surface area contributed by atoms with Crippen LogP contribution in [0.2, 0.25) is 0 Å². The lowest BCUT2D eigenvalue weighted by Crippen LogP contribution is -2.34. The van der Waals surface area contributed by atoms with Gasteiger partial charge in [0, 0.05) is 40.1 Å². The van der Waals surface area contributed by atoms with Crippen LogP contribution >= 0.6 is 0 Å². The van der Waals surface area contributed by atoms with Gasteiger partial charge >= 0.3 is 6.18 Å². The van der Waals surface area contributed by atoms with Gasteiger partial charge in [0.05, 0.1) is 24.3 Å². The molecule has 4 rings (SSSR count). The van der Waals surface area contributed by atoms with Crippen molar-refractivity contribution in [1.29, 1.82) is 0 Å². The number of pyridine rings is 1. The summed E-state index contributed by atoms with van der Waals surface area (Å²) in [4.78, 5) is 14.5. The second-order valence-electron chi connectivity index (χ2n) is 11.1. The van der Waals surface area contributed by atoms with Crippen molar-refractivity contribution in [1.82, 2.24) is 14.9 Å². The number of nitrogens with zero attached hydrogens (tertiary/aromatic N) is 1. The summed E-state index contributed by atoms with van der Waals surface area (Å²) < 4.78 is 44.0. The van der Waals surface area contributed by atoms with E-state index in [1.165, 1.54) is 0 Å². The zero-order valence-corrected chi connectivity index (χ0v) is 24.4. The smallest absolute Gasteiger partial charge is 0.394 e. The fraction of sp³-hybridized carbons (Fsp3) is 0.485. The third-order valence-electron chi connectivity index (χ3n) is 8.20. The number of hydrogen-bond acceptors (Lipinski definition) is 4. The molecule has 0 spiro atoms. The van der Waals surface area contributed by atoms with Crippen LogP contribution < -0.4 is 10.9 Å². The lowest BCUT2D eigenvalue weighted by Gasteiger charge is -2.23. The summed E-state index contributed by atoms with van der Waals surface area (Å²) in [6.45, 7) is 5.10. The Labute approximate surface area is 244 Å². The van der Waals surface area contributed by atoms with Gasteiger partial charge in [-0.25, -0.2) is 0 Å². The van der Waals surface area contributed by atoms with Crippen molar-refractivity contribution in [2.24, 2.45) is 0 Å². The molecule has 0 aliphatic rings. The van der Waals surface area contributed by atoms with Crippen LogP contribution in [-0.4, -0.2) is 39.0 Å². The van der Waals surface area contributed by atoms with Crippen molar-refractivity contribution in [3.8, 4) is 0 Å². The van der Waals surface area contributed by atoms with Gasteiger partial charge in [0.2, 0.25) is 5.56 Å². The minimum absolute atomic E-state index is 0.0704. The Balaban J connectivity index is 1.29. The number of nitrogens with one attached hydrogen (secondary N) is 2. The normalized spacial score (nSPS) is 13.7. The number of aliphatic hydroxyl groups excluding tert-OH is 2. The molecule has 2 aromatic carbocycles. The van der Waals surface area contributed by atoms with Gasteiger partial charge in [-0.3, -0.25) is 4.79 Å². The van der Waals surface area contributed by atoms with Crippen molar-refractivity contribution in [3.63, 3.8) is 0 Å². The fourth-order valence-electron chi connectivity index (χ4n) is 6.16. The van der Waals surface area contributed by atoms with Gasteiger partial charge < -0.3 is 25.1 Å². The molecule has 0 saturated carbocycles. The Morgan fingerprint density at radius 3 is 2.26 bits per heavy atom. The van der Waals surface area contributed by atoms with Crippen molar-refractivity contribution in [3.05, 3.63) is 81.3 Å². The summed E-state index contributed by atoms with van der Waals surface area (Å²) in [5, 5.41) is 23.6. The molecule has 0 fully saturated rings. The average molecular weight is 586 g/mol. The van der Waals surface area contributed by atoms with Crippen molar-refractivity contribution >= 4 is 21.8 Å². The lowest BCUT2D eigenvalue weighted by molar-refractivity contribution is -0.136. The molecule has 42 heavy (non-hydrogen) atoms. The van der Waals surface area contributed by atoms with Crippen molar-refractivity contribution in [2.45, 2.75) is 90.1 Å². The van der Waals surface area contributed by atoms with E-state index in [2.05, 4.69) is 14.9 Å². The number of aryl methyl sites for hydroxylation is 2. The van der Waals surface area contributed by atoms with E-state index in [0.717, 1.165) is 80.4 Å². The summed E-state index contributed by atoms with van der Waals surface area (Å²) in [6.07, 6.45) is 2.57. The Hall–Kier alpha value is -3.14. The standard InChI is InChI=1S/C33H42F3N3O3/c1-3-26-22(2)30-27(17-16-25-31(30)24(33(34,35)36)20-29(42)38-25)39(26)19-13-8-6-4-5-7-12-18-37-32(28(41)21-40)23-14-10-9-11-15-23/h9-11,14-17,20,28,32,37,40-41H,3-8,12-13,18-19,21H2,1-2H3,(H,38,42). The van der Waals surface area contributed by atoms with Gasteiger partial charge in [-0.1, -0.05) is 69.4 Å². The topological polar surface area (TPSA) is 90.3 Å². The van der Waals surface area contributed by atoms with E-state index < -0.39 is 23.4 Å². The Morgan fingerprint density at radius 1 is 0.952 bits per heavy atom. The highest BCUT2D eigenvalue weighted by atomic mass is 19.4. The number of aromatic nitrogens is 2. The van der Waals surface area contributed by atoms with Crippen LogP contribution in [-0.2, 0) is 19.1 Å². The van der Waals surface area contributed by atoms with Crippen LogP contribution in [0.15, 0.2) is 53.3 Å². The molecule has 0 amide bonds. The number of rotatable bonds is 15. The zero-order chi connectivity index (χ0) is 30.3. The minimum atomic E-state index is -4.62. The molecule has 0 radical (unpaired) electrons. The molecule has 4 aromatic rings. The zero-order valence-electron chi connectivity index (χ0n) is 24.4. The molecular formula is C33H42F3N3O3. The number of aromatic amines is 1. The summed E-state index contributed by atoms with van der Waals surface area (Å²) >= 11 is 0. The van der Waals surface area contributed by atoms with E-state index in [1.54, 1.807) is 6.07 Å². The first kappa shape index (κ1) is 31.8. The van der Waals surface area contributed by atoms with Crippen molar-refractivity contribution in [2.75, 3.05) is 13.2 Å². The highest BCUT2D eigenvalue weighted by molar-refractivity contribution is 6.09. The van der Waals surface area contributed by atoms with Gasteiger partial charge in [-0.05, 0) is 56.0 Å². The maximum absolute atomic E-state index is 13.9. The van der Waals surface area contributed by atoms with E-state index >= 15 is 0 Å². The number of H-pyrrole nitrogens is 1. The van der Waals surface area contributed by atoms with E-state index in [1.807, 2.05) is 50.2 Å². The summed E-state index contributed by atoms with van der Waals surface area (Å²) in [5.74, 6) is 0. The lowest BCUT2D eigenvalue weighted by atomic mass is 10.0. The SMILES string of the molecule is CCc1c(C)c2c3c(C(F)(F)F)cc(=O)[nH]c3ccc2n1CCCCCCCCCNC(c1ccccc1)C(O)CO. The molecule has 6 nitrogen and oxygen atoms in total. The van der Waals surface area contributed by atoms with Crippen LogP contribution in [0.5, 0.6) is 0 Å². The quantitative estimate of drug-likeness (QED) is 0.116. The molecule has 2 aromatic heterocycles. The number of alkyl halides is 3. The monoisotopic (exact) mass is 585 g/mol. The molecule has 0 aliphatic heterocycles. The van der Waals surface area contributed by atoms with Crippen LogP contribution in [0.25, 0.3) is 21.8 Å². The summed E-state index contributed by atoms with van der Waals surface area (Å²) in [7, 11) is 0. The van der Waals surface area contributed by atoms with E-state index in [0.29, 0.717) is 17.9 Å². The van der Waals surface area contributed by atoms with E-state index in [9.17, 15) is 28.2 Å². The Kier molecular flexibility index (Phi) is 10.9. The molecule has 0 bridgehead atoms. The molecule has 228 valence electrons. The molecular weight excluding hydrogens is 543 g/mol. The molecule has 0 aliphatic carbocycles. The molecule has 4 N–H and O–H groups in total. The first-order valence-corrected chi connectivity index (χ1v) is 15.0. The number of unbranched alkanes of at least 4 members (excludes halogenated alkanes) is 6. The van der Waals surface area contributed by atoms with E-state index in [-0.39, 0.29) is 23.6 Å². The molecule has 2 atom stereocenters. The average Bonchev–Trinajstić information content (AvgIpc) is 3.25. The van der Waals surface area contributed by atoms with Crippen LogP contribution in [0, 0.1) is 6.92 Å². The molecule has 9 heteroatoms. The second kappa shape index (κ2) is 14.4. The van der Waals surface area contributed by atoms with Crippen LogP contribution in [0.4, 0.5) is 13.2 Å². The summed E-state index contributed by atoms with van der Waals surface area (Å²) in [6, 6.07) is 13.5. The predicted octanol–water partition coefficient (Wildman–Crippen LogP) is 6.79. The predicted molar refractivity (Wildman–Crippen MR) is 162 cm³/mol. The first-order chi connectivity index (χ1) is 20.2. The first-order valence-electron chi connectivity index (χ1n) is 15.0. The Bertz CT molecular complexity index is 1510. The molecule has 2 unspecified atom stereocenters. The van der Waals surface area contributed by atoms with Gasteiger partial charge in [0.25, 0.3) is 0 Å². The fourth-order valence-corrected chi connectivity index (χ4v) is 6.16. The number of hydrogen-bond donors (Lipinski definition) is 4. The minimum Gasteiger partial charge on any atom is -0.394 e. The van der Waals surface area contributed by atoms with Crippen LogP contribution in [0.3, 0.4) is 0 Å². The van der Waals surface area contributed by atoms with Gasteiger partial charge in [0.1, 0.15) is 0 Å². The largest absolute Gasteiger partial charge is 0.417 e.